The summed E-state index contributed by atoms with van der Waals surface area (Å²) in [5.74, 6) is 1.34. The fourth-order valence-corrected chi connectivity index (χ4v) is 2.85. The van der Waals surface area contributed by atoms with Crippen molar-refractivity contribution in [3.63, 3.8) is 0 Å². The second-order valence-corrected chi connectivity index (χ2v) is 5.70. The SMILES string of the molecule is CCc1cc(C(C#N)Cc2cc(Cl)ccc2OC)ccc1OC. The Morgan fingerprint density at radius 1 is 1.04 bits per heavy atom. The Kier molecular flexibility index (Phi) is 5.90. The number of halogens is 1. The van der Waals surface area contributed by atoms with E-state index in [0.717, 1.165) is 34.6 Å². The van der Waals surface area contributed by atoms with Gasteiger partial charge in [0.15, 0.2) is 0 Å². The molecule has 2 aromatic carbocycles. The number of hydrogen-bond donors (Lipinski definition) is 0. The average molecular weight is 330 g/mol. The van der Waals surface area contributed by atoms with Crippen LogP contribution in [0, 0.1) is 11.3 Å². The molecule has 3 nitrogen and oxygen atoms in total. The van der Waals surface area contributed by atoms with Gasteiger partial charge in [-0.2, -0.15) is 5.26 Å². The molecular weight excluding hydrogens is 310 g/mol. The predicted octanol–water partition coefficient (Wildman–Crippen LogP) is 4.77. The zero-order valence-corrected chi connectivity index (χ0v) is 14.4. The third-order valence-corrected chi connectivity index (χ3v) is 4.15. The Balaban J connectivity index is 2.34. The number of methoxy groups -OCH3 is 2. The van der Waals surface area contributed by atoms with E-state index in [4.69, 9.17) is 21.1 Å². The largest absolute Gasteiger partial charge is 0.496 e. The molecule has 0 N–H and O–H groups in total. The maximum absolute atomic E-state index is 9.61. The average Bonchev–Trinajstić information content (AvgIpc) is 2.59. The monoisotopic (exact) mass is 329 g/mol. The van der Waals surface area contributed by atoms with Crippen LogP contribution < -0.4 is 9.47 Å². The van der Waals surface area contributed by atoms with Crippen molar-refractivity contribution in [1.29, 1.82) is 5.26 Å². The van der Waals surface area contributed by atoms with Crippen molar-refractivity contribution >= 4 is 11.6 Å². The van der Waals surface area contributed by atoms with E-state index in [2.05, 4.69) is 13.0 Å². The summed E-state index contributed by atoms with van der Waals surface area (Å²) >= 11 is 6.08. The molecule has 0 aromatic heterocycles. The quantitative estimate of drug-likeness (QED) is 0.766. The van der Waals surface area contributed by atoms with Crippen LogP contribution in [0.1, 0.15) is 29.5 Å². The molecule has 0 amide bonds. The maximum Gasteiger partial charge on any atom is 0.122 e. The van der Waals surface area contributed by atoms with E-state index in [1.54, 1.807) is 20.3 Å². The van der Waals surface area contributed by atoms with E-state index in [1.165, 1.54) is 0 Å². The summed E-state index contributed by atoms with van der Waals surface area (Å²) in [6.07, 6.45) is 1.41. The third kappa shape index (κ3) is 3.97. The highest BCUT2D eigenvalue weighted by atomic mass is 35.5. The molecule has 0 saturated carbocycles. The summed E-state index contributed by atoms with van der Waals surface area (Å²) in [6.45, 7) is 2.07. The van der Waals surface area contributed by atoms with Crippen LogP contribution in [0.15, 0.2) is 36.4 Å². The van der Waals surface area contributed by atoms with Crippen molar-refractivity contribution < 1.29 is 9.47 Å². The topological polar surface area (TPSA) is 42.2 Å². The molecule has 0 bridgehead atoms. The van der Waals surface area contributed by atoms with Crippen molar-refractivity contribution in [2.24, 2.45) is 0 Å². The first-order valence-corrected chi connectivity index (χ1v) is 7.89. The van der Waals surface area contributed by atoms with Gasteiger partial charge in [0.05, 0.1) is 26.2 Å². The second-order valence-electron chi connectivity index (χ2n) is 5.27. The first kappa shape index (κ1) is 17.2. The molecular formula is C19H20ClNO2. The molecule has 0 heterocycles. The van der Waals surface area contributed by atoms with Crippen LogP contribution in [0.4, 0.5) is 0 Å². The van der Waals surface area contributed by atoms with Gasteiger partial charge in [0, 0.05) is 5.02 Å². The first-order chi connectivity index (χ1) is 11.1. The third-order valence-electron chi connectivity index (χ3n) is 3.91. The van der Waals surface area contributed by atoms with E-state index < -0.39 is 0 Å². The molecule has 4 heteroatoms. The van der Waals surface area contributed by atoms with Crippen molar-refractivity contribution in [3.8, 4) is 17.6 Å². The lowest BCUT2D eigenvalue weighted by molar-refractivity contribution is 0.408. The number of hydrogen-bond acceptors (Lipinski definition) is 3. The number of rotatable bonds is 6. The highest BCUT2D eigenvalue weighted by molar-refractivity contribution is 6.30. The van der Waals surface area contributed by atoms with Gasteiger partial charge in [0.1, 0.15) is 11.5 Å². The van der Waals surface area contributed by atoms with E-state index >= 15 is 0 Å². The van der Waals surface area contributed by atoms with E-state index in [-0.39, 0.29) is 5.92 Å². The molecule has 1 atom stereocenters. The summed E-state index contributed by atoms with van der Waals surface area (Å²) in [4.78, 5) is 0. The second kappa shape index (κ2) is 7.89. The highest BCUT2D eigenvalue weighted by Crippen LogP contribution is 2.31. The summed E-state index contributed by atoms with van der Waals surface area (Å²) in [5, 5.41) is 10.2. The zero-order valence-electron chi connectivity index (χ0n) is 13.6. The summed E-state index contributed by atoms with van der Waals surface area (Å²) in [5.41, 5.74) is 3.01. The fourth-order valence-electron chi connectivity index (χ4n) is 2.66. The number of nitrogens with zero attached hydrogens (tertiary/aromatic N) is 1. The van der Waals surface area contributed by atoms with E-state index in [1.807, 2.05) is 30.3 Å². The molecule has 2 rings (SSSR count). The Morgan fingerprint density at radius 3 is 2.30 bits per heavy atom. The van der Waals surface area contributed by atoms with Crippen molar-refractivity contribution in [3.05, 3.63) is 58.1 Å². The van der Waals surface area contributed by atoms with Crippen LogP contribution in [0.2, 0.25) is 5.02 Å². The van der Waals surface area contributed by atoms with Gasteiger partial charge in [-0.25, -0.2) is 0 Å². The van der Waals surface area contributed by atoms with Crippen LogP contribution in [-0.2, 0) is 12.8 Å². The van der Waals surface area contributed by atoms with E-state index in [0.29, 0.717) is 11.4 Å². The summed E-state index contributed by atoms with van der Waals surface area (Å²) in [7, 11) is 3.28. The summed E-state index contributed by atoms with van der Waals surface area (Å²) in [6, 6.07) is 13.8. The number of nitriles is 1. The van der Waals surface area contributed by atoms with Crippen LogP contribution in [0.25, 0.3) is 0 Å². The van der Waals surface area contributed by atoms with Gasteiger partial charge in [-0.3, -0.25) is 0 Å². The Bertz CT molecular complexity index is 722. The molecule has 0 aliphatic heterocycles. The minimum absolute atomic E-state index is 0.265. The van der Waals surface area contributed by atoms with Crippen molar-refractivity contribution in [2.45, 2.75) is 25.7 Å². The first-order valence-electron chi connectivity index (χ1n) is 7.51. The standard InChI is InChI=1S/C19H20ClNO2/c1-4-13-9-14(5-7-18(13)22-2)16(12-21)10-15-11-17(20)6-8-19(15)23-3/h5-9,11,16H,4,10H2,1-3H3. The molecule has 0 aliphatic carbocycles. The lowest BCUT2D eigenvalue weighted by Gasteiger charge is -2.15. The van der Waals surface area contributed by atoms with Crippen LogP contribution in [-0.4, -0.2) is 14.2 Å². The molecule has 0 spiro atoms. The highest BCUT2D eigenvalue weighted by Gasteiger charge is 2.16. The van der Waals surface area contributed by atoms with Gasteiger partial charge in [0.2, 0.25) is 0 Å². The lowest BCUT2D eigenvalue weighted by Crippen LogP contribution is -2.04. The molecule has 0 saturated heterocycles. The zero-order chi connectivity index (χ0) is 16.8. The minimum Gasteiger partial charge on any atom is -0.496 e. The van der Waals surface area contributed by atoms with Gasteiger partial charge in [-0.1, -0.05) is 30.7 Å². The van der Waals surface area contributed by atoms with Crippen molar-refractivity contribution in [2.75, 3.05) is 14.2 Å². The van der Waals surface area contributed by atoms with Crippen LogP contribution in [0.3, 0.4) is 0 Å². The number of benzene rings is 2. The van der Waals surface area contributed by atoms with Gasteiger partial charge in [0.25, 0.3) is 0 Å². The molecule has 1 unspecified atom stereocenters. The molecule has 0 aliphatic rings. The van der Waals surface area contributed by atoms with Gasteiger partial charge in [-0.15, -0.1) is 0 Å². The van der Waals surface area contributed by atoms with E-state index in [9.17, 15) is 5.26 Å². The fraction of sp³-hybridized carbons (Fsp3) is 0.316. The smallest absolute Gasteiger partial charge is 0.122 e. The molecule has 23 heavy (non-hydrogen) atoms. The predicted molar refractivity (Wildman–Crippen MR) is 92.4 cm³/mol. The van der Waals surface area contributed by atoms with Gasteiger partial charge >= 0.3 is 0 Å². The molecule has 2 aromatic rings. The van der Waals surface area contributed by atoms with Gasteiger partial charge in [-0.05, 0) is 53.8 Å². The molecule has 120 valence electrons. The van der Waals surface area contributed by atoms with Crippen LogP contribution >= 0.6 is 11.6 Å². The van der Waals surface area contributed by atoms with Crippen LogP contribution in [0.5, 0.6) is 11.5 Å². The van der Waals surface area contributed by atoms with Gasteiger partial charge < -0.3 is 9.47 Å². The summed E-state index contributed by atoms with van der Waals surface area (Å²) < 4.78 is 10.7. The Labute approximate surface area is 142 Å². The number of aryl methyl sites for hydroxylation is 1. The lowest BCUT2D eigenvalue weighted by atomic mass is 9.91. The number of ether oxygens (including phenoxy) is 2. The normalized spacial score (nSPS) is 11.6. The Hall–Kier alpha value is -2.18. The Morgan fingerprint density at radius 2 is 1.70 bits per heavy atom. The molecule has 0 fully saturated rings. The maximum atomic E-state index is 9.61. The van der Waals surface area contributed by atoms with Crippen molar-refractivity contribution in [1.82, 2.24) is 0 Å². The minimum atomic E-state index is -0.265. The molecule has 0 radical (unpaired) electrons.